The fourth-order valence-electron chi connectivity index (χ4n) is 1.76. The molecule has 0 aromatic heterocycles. The lowest BCUT2D eigenvalue weighted by Crippen LogP contribution is -2.43. The highest BCUT2D eigenvalue weighted by molar-refractivity contribution is 7.99. The lowest BCUT2D eigenvalue weighted by Gasteiger charge is -2.27. The number of rotatable bonds is 1. The van der Waals surface area contributed by atoms with Gasteiger partial charge < -0.3 is 10.1 Å². The highest BCUT2D eigenvalue weighted by atomic mass is 32.2. The Hall–Kier alpha value is 0.270. The van der Waals surface area contributed by atoms with Crippen molar-refractivity contribution in [3.05, 3.63) is 0 Å². The van der Waals surface area contributed by atoms with Crippen LogP contribution in [0.4, 0.5) is 0 Å². The number of hydrogen-bond donors (Lipinski definition) is 1. The zero-order chi connectivity index (χ0) is 7.52. The van der Waals surface area contributed by atoms with Gasteiger partial charge in [-0.2, -0.15) is 11.8 Å². The molecule has 64 valence electrons. The smallest absolute Gasteiger partial charge is 0.0510 e. The fraction of sp³-hybridized carbons (Fsp3) is 1.00. The van der Waals surface area contributed by atoms with Crippen molar-refractivity contribution in [3.63, 3.8) is 0 Å². The van der Waals surface area contributed by atoms with Crippen molar-refractivity contribution in [2.45, 2.75) is 12.5 Å². The van der Waals surface area contributed by atoms with E-state index in [1.54, 1.807) is 0 Å². The van der Waals surface area contributed by atoms with Crippen molar-refractivity contribution in [3.8, 4) is 0 Å². The van der Waals surface area contributed by atoms with E-state index >= 15 is 0 Å². The van der Waals surface area contributed by atoms with Gasteiger partial charge in [0.1, 0.15) is 0 Å². The van der Waals surface area contributed by atoms with Crippen LogP contribution in [0.2, 0.25) is 0 Å². The highest BCUT2D eigenvalue weighted by Crippen LogP contribution is 2.21. The molecule has 0 aromatic rings. The molecule has 0 bridgehead atoms. The van der Waals surface area contributed by atoms with Crippen molar-refractivity contribution in [2.24, 2.45) is 5.92 Å². The summed E-state index contributed by atoms with van der Waals surface area (Å²) in [6.07, 6.45) is 1.26. The molecule has 0 radical (unpaired) electrons. The Morgan fingerprint density at radius 1 is 1.45 bits per heavy atom. The van der Waals surface area contributed by atoms with Crippen LogP contribution in [0.1, 0.15) is 6.42 Å². The van der Waals surface area contributed by atoms with Crippen LogP contribution in [0.3, 0.4) is 0 Å². The summed E-state index contributed by atoms with van der Waals surface area (Å²) in [4.78, 5) is 0. The van der Waals surface area contributed by atoms with Gasteiger partial charge in [0.25, 0.3) is 0 Å². The summed E-state index contributed by atoms with van der Waals surface area (Å²) in [5.41, 5.74) is 0. The lowest BCUT2D eigenvalue weighted by atomic mass is 10.0. The molecule has 2 unspecified atom stereocenters. The van der Waals surface area contributed by atoms with Gasteiger partial charge in [0.15, 0.2) is 0 Å². The SMILES string of the molecule is C1CSCC(C2CCOC2)N1. The monoisotopic (exact) mass is 173 g/mol. The van der Waals surface area contributed by atoms with Crippen molar-refractivity contribution < 1.29 is 4.74 Å². The van der Waals surface area contributed by atoms with E-state index in [2.05, 4.69) is 17.1 Å². The molecular formula is C8H15NOS. The molecule has 2 atom stereocenters. The van der Waals surface area contributed by atoms with E-state index in [1.165, 1.54) is 24.5 Å². The third-order valence-corrected chi connectivity index (χ3v) is 3.57. The van der Waals surface area contributed by atoms with Crippen LogP contribution >= 0.6 is 11.8 Å². The van der Waals surface area contributed by atoms with Gasteiger partial charge in [0, 0.05) is 36.6 Å². The number of thioether (sulfide) groups is 1. The Kier molecular flexibility index (Phi) is 2.72. The molecule has 1 N–H and O–H groups in total. The van der Waals surface area contributed by atoms with Crippen molar-refractivity contribution in [1.29, 1.82) is 0 Å². The molecule has 2 saturated heterocycles. The Morgan fingerprint density at radius 3 is 3.09 bits per heavy atom. The van der Waals surface area contributed by atoms with Crippen LogP contribution in [-0.4, -0.2) is 37.3 Å². The minimum Gasteiger partial charge on any atom is -0.381 e. The summed E-state index contributed by atoms with van der Waals surface area (Å²) < 4.78 is 5.36. The summed E-state index contributed by atoms with van der Waals surface area (Å²) in [6.45, 7) is 3.15. The minimum atomic E-state index is 0.733. The minimum absolute atomic E-state index is 0.733. The molecule has 0 aromatic carbocycles. The van der Waals surface area contributed by atoms with E-state index in [-0.39, 0.29) is 0 Å². The standard InChI is InChI=1S/C8H15NOS/c1-3-10-5-7(1)8-6-11-4-2-9-8/h7-9H,1-6H2. The van der Waals surface area contributed by atoms with Crippen LogP contribution in [0.25, 0.3) is 0 Å². The van der Waals surface area contributed by atoms with Gasteiger partial charge in [-0.15, -0.1) is 0 Å². The first-order valence-electron chi connectivity index (χ1n) is 4.36. The lowest BCUT2D eigenvalue weighted by molar-refractivity contribution is 0.179. The van der Waals surface area contributed by atoms with Crippen LogP contribution in [0, 0.1) is 5.92 Å². The zero-order valence-corrected chi connectivity index (χ0v) is 7.53. The van der Waals surface area contributed by atoms with Gasteiger partial charge in [0.05, 0.1) is 6.61 Å². The molecule has 2 nitrogen and oxygen atoms in total. The molecule has 2 heterocycles. The molecule has 0 saturated carbocycles. The van der Waals surface area contributed by atoms with Crippen LogP contribution in [0.5, 0.6) is 0 Å². The van der Waals surface area contributed by atoms with Crippen LogP contribution in [-0.2, 0) is 4.74 Å². The number of hydrogen-bond acceptors (Lipinski definition) is 3. The molecule has 0 aliphatic carbocycles. The predicted molar refractivity (Wildman–Crippen MR) is 48.0 cm³/mol. The highest BCUT2D eigenvalue weighted by Gasteiger charge is 2.26. The van der Waals surface area contributed by atoms with Crippen molar-refractivity contribution >= 4 is 11.8 Å². The quantitative estimate of drug-likeness (QED) is 0.631. The first kappa shape index (κ1) is 7.90. The molecule has 3 heteroatoms. The summed E-state index contributed by atoms with van der Waals surface area (Å²) >= 11 is 2.07. The summed E-state index contributed by atoms with van der Waals surface area (Å²) in [6, 6.07) is 0.733. The largest absolute Gasteiger partial charge is 0.381 e. The maximum atomic E-state index is 5.36. The number of nitrogens with one attached hydrogen (secondary N) is 1. The topological polar surface area (TPSA) is 21.3 Å². The van der Waals surface area contributed by atoms with E-state index in [1.807, 2.05) is 0 Å². The van der Waals surface area contributed by atoms with E-state index in [0.29, 0.717) is 0 Å². The predicted octanol–water partition coefficient (Wildman–Crippen LogP) is 0.728. The number of ether oxygens (including phenoxy) is 1. The first-order chi connectivity index (χ1) is 5.47. The molecule has 2 fully saturated rings. The Bertz CT molecular complexity index is 119. The Morgan fingerprint density at radius 2 is 2.45 bits per heavy atom. The van der Waals surface area contributed by atoms with Crippen molar-refractivity contribution in [1.82, 2.24) is 5.32 Å². The summed E-state index contributed by atoms with van der Waals surface area (Å²) in [7, 11) is 0. The van der Waals surface area contributed by atoms with E-state index in [9.17, 15) is 0 Å². The average Bonchev–Trinajstić information content (AvgIpc) is 2.58. The van der Waals surface area contributed by atoms with Crippen LogP contribution < -0.4 is 5.32 Å². The third kappa shape index (κ3) is 1.89. The molecular weight excluding hydrogens is 158 g/mol. The van der Waals surface area contributed by atoms with E-state index in [0.717, 1.165) is 25.2 Å². The van der Waals surface area contributed by atoms with Crippen molar-refractivity contribution in [2.75, 3.05) is 31.3 Å². The molecule has 2 aliphatic heterocycles. The molecule has 11 heavy (non-hydrogen) atoms. The second-order valence-corrected chi connectivity index (χ2v) is 4.41. The second-order valence-electron chi connectivity index (χ2n) is 3.26. The van der Waals surface area contributed by atoms with E-state index < -0.39 is 0 Å². The summed E-state index contributed by atoms with van der Waals surface area (Å²) in [5, 5.41) is 3.56. The van der Waals surface area contributed by atoms with Gasteiger partial charge in [-0.1, -0.05) is 0 Å². The summed E-state index contributed by atoms with van der Waals surface area (Å²) in [5.74, 6) is 3.36. The third-order valence-electron chi connectivity index (χ3n) is 2.48. The zero-order valence-electron chi connectivity index (χ0n) is 6.71. The van der Waals surface area contributed by atoms with Gasteiger partial charge >= 0.3 is 0 Å². The fourth-order valence-corrected chi connectivity index (χ4v) is 2.83. The maximum absolute atomic E-state index is 5.36. The van der Waals surface area contributed by atoms with Gasteiger partial charge in [0.2, 0.25) is 0 Å². The molecule has 2 rings (SSSR count). The van der Waals surface area contributed by atoms with Gasteiger partial charge in [-0.25, -0.2) is 0 Å². The normalized spacial score (nSPS) is 39.3. The van der Waals surface area contributed by atoms with E-state index in [4.69, 9.17) is 4.74 Å². The molecule has 0 spiro atoms. The maximum Gasteiger partial charge on any atom is 0.0510 e. The molecule has 2 aliphatic rings. The molecule has 0 amide bonds. The average molecular weight is 173 g/mol. The van der Waals surface area contributed by atoms with Crippen LogP contribution in [0.15, 0.2) is 0 Å². The van der Waals surface area contributed by atoms with Gasteiger partial charge in [-0.05, 0) is 6.42 Å². The Labute approximate surface area is 72.1 Å². The first-order valence-corrected chi connectivity index (χ1v) is 5.51. The van der Waals surface area contributed by atoms with Gasteiger partial charge in [-0.3, -0.25) is 0 Å². The second kappa shape index (κ2) is 3.78. The Balaban J connectivity index is 1.82.